The van der Waals surface area contributed by atoms with Crippen molar-refractivity contribution in [1.82, 2.24) is 0 Å². The van der Waals surface area contributed by atoms with Crippen molar-refractivity contribution >= 4 is 57.8 Å². The van der Waals surface area contributed by atoms with E-state index in [1.54, 1.807) is 0 Å². The average molecular weight is 459 g/mol. The Morgan fingerprint density at radius 3 is 2.76 bits per heavy atom. The summed E-state index contributed by atoms with van der Waals surface area (Å²) in [5, 5.41) is -0.401. The molecule has 1 radical (unpaired) electrons. The molecule has 0 aromatic carbocycles. The van der Waals surface area contributed by atoms with Crippen LogP contribution in [0.2, 0.25) is 0 Å². The van der Waals surface area contributed by atoms with Gasteiger partial charge < -0.3 is 0 Å². The average Bonchev–Trinajstić information content (AvgIpc) is 2.58. The van der Waals surface area contributed by atoms with E-state index in [0.717, 1.165) is 0 Å². The normalized spacial score (nSPS) is 35.0. The Morgan fingerprint density at radius 2 is 2.24 bits per heavy atom. The van der Waals surface area contributed by atoms with Crippen molar-refractivity contribution in [3.8, 4) is 0 Å². The van der Waals surface area contributed by atoms with E-state index in [9.17, 15) is 9.28 Å². The van der Waals surface area contributed by atoms with E-state index in [-0.39, 0.29) is 12.8 Å². The van der Waals surface area contributed by atoms with Crippen molar-refractivity contribution in [3.05, 3.63) is 0 Å². The molecule has 5 atom stereocenters. The molecule has 10 heteroatoms. The Kier molecular flexibility index (Phi) is 9.35. The molecule has 0 aromatic heterocycles. The Hall–Kier alpha value is 2.21. The van der Waals surface area contributed by atoms with E-state index in [4.69, 9.17) is 14.0 Å². The van der Waals surface area contributed by atoms with Crippen LogP contribution < -0.4 is 0 Å². The first-order valence-corrected chi connectivity index (χ1v) is 17.4. The number of alkyl halides is 1. The van der Waals surface area contributed by atoms with Crippen LogP contribution in [-0.2, 0) is 23.6 Å². The number of hydrogen-bond acceptors (Lipinski definition) is 6. The molecule has 5 unspecified atom stereocenters. The summed E-state index contributed by atoms with van der Waals surface area (Å²) in [5.41, 5.74) is 0. The van der Waals surface area contributed by atoms with Gasteiger partial charge >= 0.3 is 135 Å². The fraction of sp³-hybridized carbons (Fsp3) is 1.00. The molecule has 1 N–H and O–H groups in total. The molecule has 1 aliphatic rings. The van der Waals surface area contributed by atoms with Gasteiger partial charge in [0.25, 0.3) is 0 Å². The molecule has 0 aromatic rings. The maximum atomic E-state index is 14.0. The first-order valence-electron chi connectivity index (χ1n) is 4.69. The molecule has 0 saturated carbocycles. The van der Waals surface area contributed by atoms with Crippen LogP contribution in [0.25, 0.3) is 0 Å². The summed E-state index contributed by atoms with van der Waals surface area (Å²) in [7, 11) is 0.491. The number of halogens is 1. The van der Waals surface area contributed by atoms with Crippen LogP contribution in [0, 0.1) is 0 Å². The summed E-state index contributed by atoms with van der Waals surface area (Å²) >= 11 is 0.501. The Labute approximate surface area is 133 Å². The van der Waals surface area contributed by atoms with Gasteiger partial charge in [-0.2, -0.15) is 0 Å². The van der Waals surface area contributed by atoms with Gasteiger partial charge in [0, 0.05) is 0 Å². The van der Waals surface area contributed by atoms with Crippen molar-refractivity contribution in [2.45, 2.75) is 23.4 Å². The number of rotatable bonds is 7. The molecule has 1 saturated heterocycles. The van der Waals surface area contributed by atoms with Crippen LogP contribution in [-0.4, -0.2) is 98.3 Å². The van der Waals surface area contributed by atoms with E-state index in [1.807, 2.05) is 0 Å². The fourth-order valence-electron chi connectivity index (χ4n) is 1.43. The van der Waals surface area contributed by atoms with E-state index >= 15 is 0 Å². The zero-order valence-corrected chi connectivity index (χ0v) is 16.5. The summed E-state index contributed by atoms with van der Waals surface area (Å²) in [6.45, 7) is 0.224. The Morgan fingerprint density at radius 1 is 1.53 bits per heavy atom. The Balaban J connectivity index is 2.57. The first kappa shape index (κ1) is 17.3. The van der Waals surface area contributed by atoms with Gasteiger partial charge in [0.1, 0.15) is 0 Å². The van der Waals surface area contributed by atoms with Gasteiger partial charge in [0.05, 0.1) is 0 Å². The van der Waals surface area contributed by atoms with Crippen molar-refractivity contribution in [3.63, 3.8) is 0 Å². The second-order valence-electron chi connectivity index (χ2n) is 3.16. The van der Waals surface area contributed by atoms with Crippen molar-refractivity contribution in [2.75, 3.05) is 20.8 Å². The Bertz CT molecular complexity index is 231. The summed E-state index contributed by atoms with van der Waals surface area (Å²) in [6, 6.07) is 0. The number of ether oxygens (including phenoxy) is 2. The van der Waals surface area contributed by atoms with Crippen LogP contribution in [0.4, 0.5) is 4.39 Å². The molecule has 0 amide bonds. The molecule has 1 heterocycles. The van der Waals surface area contributed by atoms with E-state index in [0.29, 0.717) is 43.1 Å². The van der Waals surface area contributed by atoms with Gasteiger partial charge in [-0.1, -0.05) is 0 Å². The van der Waals surface area contributed by atoms with Crippen molar-refractivity contribution in [1.29, 1.82) is 0 Å². The third kappa shape index (κ3) is 5.24. The standard InChI is InChI=1S/C7H14FO6PSe.Ba/c1-10-3-4-6(5(8)7(16)12-4)13-15(9)14-11-2;/h4-7,9,16H,3H2,1-2H3;/q;+1/p-1. The SMILES string of the molecule is COCC1OC([Se][Ba])C(F)C1OP(O)OOC. The predicted molar refractivity (Wildman–Crippen MR) is 59.0 cm³/mol. The molecule has 1 fully saturated rings. The van der Waals surface area contributed by atoms with E-state index in [2.05, 4.69) is 9.56 Å². The second-order valence-corrected chi connectivity index (χ2v) is 11.1. The predicted octanol–water partition coefficient (Wildman–Crippen LogP) is -0.334. The monoisotopic (exact) mass is 461 g/mol. The summed E-state index contributed by atoms with van der Waals surface area (Å²) < 4.78 is 33.9. The summed E-state index contributed by atoms with van der Waals surface area (Å²) in [4.78, 5) is 13.6. The molecule has 0 spiro atoms. The first-order chi connectivity index (χ1) is 8.13. The summed E-state index contributed by atoms with van der Waals surface area (Å²) in [5.74, 6) is 0. The minimum atomic E-state index is -2.25. The van der Waals surface area contributed by atoms with Crippen LogP contribution in [0.5, 0.6) is 0 Å². The van der Waals surface area contributed by atoms with Gasteiger partial charge in [0.15, 0.2) is 0 Å². The quantitative estimate of drug-likeness (QED) is 0.244. The zero-order valence-electron chi connectivity index (χ0n) is 9.45. The number of methoxy groups -OCH3 is 1. The van der Waals surface area contributed by atoms with E-state index in [1.165, 1.54) is 14.2 Å². The van der Waals surface area contributed by atoms with Gasteiger partial charge in [0.2, 0.25) is 0 Å². The number of hydrogen-bond donors (Lipinski definition) is 1. The molecular weight excluding hydrogens is 446 g/mol. The van der Waals surface area contributed by atoms with E-state index < -0.39 is 32.0 Å². The molecule has 0 aliphatic carbocycles. The summed E-state index contributed by atoms with van der Waals surface area (Å²) in [6.07, 6.45) is -2.44. The van der Waals surface area contributed by atoms with Crippen LogP contribution >= 0.6 is 8.60 Å². The zero-order chi connectivity index (χ0) is 12.8. The second kappa shape index (κ2) is 9.20. The fourth-order valence-corrected chi connectivity index (χ4v) is 7.51. The topological polar surface area (TPSA) is 66.4 Å². The van der Waals surface area contributed by atoms with Crippen molar-refractivity contribution in [2.24, 2.45) is 0 Å². The van der Waals surface area contributed by atoms with Gasteiger partial charge in [-0.15, -0.1) is 0 Å². The molecule has 6 nitrogen and oxygen atoms in total. The molecule has 0 bridgehead atoms. The molecule has 1 aliphatic heterocycles. The molecule has 17 heavy (non-hydrogen) atoms. The van der Waals surface area contributed by atoms with Gasteiger partial charge in [-0.25, -0.2) is 0 Å². The molecular formula is C7H13BaFO6PSe. The van der Waals surface area contributed by atoms with Crippen LogP contribution in [0.3, 0.4) is 0 Å². The minimum absolute atomic E-state index is 0.184. The van der Waals surface area contributed by atoms with Crippen molar-refractivity contribution < 1.29 is 32.8 Å². The van der Waals surface area contributed by atoms with Gasteiger partial charge in [-0.05, 0) is 0 Å². The third-order valence-corrected chi connectivity index (χ3v) is 9.62. The third-order valence-electron chi connectivity index (χ3n) is 2.09. The molecule has 97 valence electrons. The van der Waals surface area contributed by atoms with Gasteiger partial charge in [-0.3, -0.25) is 0 Å². The molecule has 1 rings (SSSR count). The van der Waals surface area contributed by atoms with Crippen LogP contribution in [0.1, 0.15) is 0 Å². The maximum absolute atomic E-state index is 14.0. The van der Waals surface area contributed by atoms with Crippen LogP contribution in [0.15, 0.2) is 0 Å².